The summed E-state index contributed by atoms with van der Waals surface area (Å²) in [6.07, 6.45) is -0.754. The van der Waals surface area contributed by atoms with Crippen LogP contribution >= 0.6 is 0 Å². The molecule has 0 heterocycles. The van der Waals surface area contributed by atoms with Gasteiger partial charge in [-0.2, -0.15) is 8.42 Å². The van der Waals surface area contributed by atoms with Gasteiger partial charge in [0.25, 0.3) is 10.1 Å². The summed E-state index contributed by atoms with van der Waals surface area (Å²) < 4.78 is 38.8. The van der Waals surface area contributed by atoms with E-state index in [1.165, 1.54) is 12.1 Å². The zero-order valence-electron chi connectivity index (χ0n) is 12.0. The monoisotopic (exact) mass is 332 g/mol. The molecule has 7 nitrogen and oxygen atoms in total. The molecule has 0 unspecified atom stereocenters. The highest BCUT2D eigenvalue weighted by Crippen LogP contribution is 2.14. The van der Waals surface area contributed by atoms with Crippen molar-refractivity contribution in [2.45, 2.75) is 12.7 Å². The minimum Gasteiger partial charge on any atom is -0.464 e. The summed E-state index contributed by atoms with van der Waals surface area (Å²) in [5, 5.41) is 0. The molecule has 0 atom stereocenters. The summed E-state index contributed by atoms with van der Waals surface area (Å²) in [4.78, 5) is 23.0. The van der Waals surface area contributed by atoms with Crippen molar-refractivity contribution < 1.29 is 32.0 Å². The van der Waals surface area contributed by atoms with Gasteiger partial charge in [-0.05, 0) is 5.56 Å². The molecule has 23 heavy (non-hydrogen) atoms. The Bertz CT molecular complexity index is 703. The van der Waals surface area contributed by atoms with Gasteiger partial charge in [0.1, 0.15) is 40.2 Å². The van der Waals surface area contributed by atoms with Crippen molar-refractivity contribution >= 4 is 56.5 Å². The van der Waals surface area contributed by atoms with Gasteiger partial charge in [-0.25, -0.2) is 0 Å². The van der Waals surface area contributed by atoms with Crippen LogP contribution in [-0.2, 0) is 30.8 Å². The maximum absolute atomic E-state index is 11.7. The fourth-order valence-electron chi connectivity index (χ4n) is 1.59. The van der Waals surface area contributed by atoms with E-state index < -0.39 is 40.8 Å². The number of rotatable bonds is 7. The Balaban J connectivity index is 2.62. The van der Waals surface area contributed by atoms with Gasteiger partial charge in [0.05, 0.1) is 7.85 Å². The second-order valence-electron chi connectivity index (χ2n) is 4.46. The molecule has 1 N–H and O–H groups in total. The number of hydrogen-bond acceptors (Lipinski definition) is 6. The van der Waals surface area contributed by atoms with E-state index in [1.54, 1.807) is 0 Å². The molecule has 0 fully saturated rings. The van der Waals surface area contributed by atoms with Crippen LogP contribution in [0.1, 0.15) is 12.0 Å². The third-order valence-electron chi connectivity index (χ3n) is 2.55. The maximum Gasteiger partial charge on any atom is 0.322 e. The molecule has 1 aromatic carbocycles. The van der Waals surface area contributed by atoms with E-state index in [0.29, 0.717) is 11.0 Å². The summed E-state index contributed by atoms with van der Waals surface area (Å²) in [6.45, 7) is -0.580. The van der Waals surface area contributed by atoms with Crippen LogP contribution in [0.4, 0.5) is 0 Å². The summed E-state index contributed by atoms with van der Waals surface area (Å²) in [5.41, 5.74) is 0.807. The molecular formula is C12H11B3O7S. The van der Waals surface area contributed by atoms with Crippen LogP contribution in [0.5, 0.6) is 5.75 Å². The highest BCUT2D eigenvalue weighted by molar-refractivity contribution is 7.85. The third kappa shape index (κ3) is 6.92. The minimum atomic E-state index is -4.25. The normalized spacial score (nSPS) is 11.0. The second-order valence-corrected chi connectivity index (χ2v) is 6.03. The van der Waals surface area contributed by atoms with Crippen molar-refractivity contribution in [2.75, 3.05) is 12.4 Å². The van der Waals surface area contributed by atoms with E-state index >= 15 is 0 Å². The summed E-state index contributed by atoms with van der Waals surface area (Å²) in [6, 6.07) is 2.84. The molecule has 0 aromatic heterocycles. The van der Waals surface area contributed by atoms with Crippen LogP contribution in [0, 0.1) is 0 Å². The molecule has 1 rings (SSSR count). The standard InChI is InChI=1S/C12H11B3O7S/c13-6-7-3-8(14)4-9(15)12(7)22-11(17)5-10(16)21-1-2-23(18,19)20/h3-4H,1-2,5-6H2,(H,18,19,20). The summed E-state index contributed by atoms with van der Waals surface area (Å²) in [7, 11) is 12.5. The van der Waals surface area contributed by atoms with Gasteiger partial charge in [-0.15, -0.1) is 0 Å². The lowest BCUT2D eigenvalue weighted by Crippen LogP contribution is -2.24. The van der Waals surface area contributed by atoms with E-state index in [4.69, 9.17) is 32.8 Å². The maximum atomic E-state index is 11.7. The van der Waals surface area contributed by atoms with Gasteiger partial charge in [0.2, 0.25) is 0 Å². The summed E-state index contributed by atoms with van der Waals surface area (Å²) >= 11 is 0. The summed E-state index contributed by atoms with van der Waals surface area (Å²) in [5.74, 6) is -2.75. The van der Waals surface area contributed by atoms with E-state index in [2.05, 4.69) is 4.74 Å². The topological polar surface area (TPSA) is 107 Å². The first-order chi connectivity index (χ1) is 10.6. The fraction of sp³-hybridized carbons (Fsp3) is 0.333. The van der Waals surface area contributed by atoms with Crippen molar-refractivity contribution in [2.24, 2.45) is 0 Å². The largest absolute Gasteiger partial charge is 0.464 e. The third-order valence-corrected chi connectivity index (χ3v) is 3.23. The Morgan fingerprint density at radius 3 is 2.39 bits per heavy atom. The van der Waals surface area contributed by atoms with E-state index in [1.807, 2.05) is 0 Å². The predicted octanol–water partition coefficient (Wildman–Crippen LogP) is -2.33. The zero-order chi connectivity index (χ0) is 17.6. The highest BCUT2D eigenvalue weighted by atomic mass is 32.2. The van der Waals surface area contributed by atoms with Crippen LogP contribution < -0.4 is 15.7 Å². The first kappa shape index (κ1) is 19.3. The molecule has 0 aliphatic heterocycles. The smallest absolute Gasteiger partial charge is 0.322 e. The van der Waals surface area contributed by atoms with Gasteiger partial charge in [0, 0.05) is 0 Å². The molecule has 0 amide bonds. The van der Waals surface area contributed by atoms with Gasteiger partial charge in [-0.1, -0.05) is 29.4 Å². The average Bonchev–Trinajstić information content (AvgIpc) is 2.39. The molecule has 0 spiro atoms. The second kappa shape index (κ2) is 8.21. The zero-order valence-corrected chi connectivity index (χ0v) is 12.8. The molecule has 116 valence electrons. The number of hydrogen-bond donors (Lipinski definition) is 1. The Hall–Kier alpha value is -1.74. The van der Waals surface area contributed by atoms with Crippen LogP contribution in [0.3, 0.4) is 0 Å². The van der Waals surface area contributed by atoms with Crippen LogP contribution in [-0.4, -0.2) is 60.8 Å². The van der Waals surface area contributed by atoms with Gasteiger partial charge in [-0.3, -0.25) is 14.1 Å². The predicted molar refractivity (Wildman–Crippen MR) is 84.3 cm³/mol. The Kier molecular flexibility index (Phi) is 6.89. The molecule has 6 radical (unpaired) electrons. The minimum absolute atomic E-state index is 0.00237. The van der Waals surface area contributed by atoms with Crippen molar-refractivity contribution in [3.05, 3.63) is 17.7 Å². The SMILES string of the molecule is [B]Cc1cc([B])cc([B])c1OC(=O)CC(=O)OCCS(=O)(=O)O. The van der Waals surface area contributed by atoms with Crippen LogP contribution in [0.2, 0.25) is 0 Å². The lowest BCUT2D eigenvalue weighted by Gasteiger charge is -2.13. The fourth-order valence-corrected chi connectivity index (χ4v) is 1.89. The lowest BCUT2D eigenvalue weighted by molar-refractivity contribution is -0.149. The molecule has 0 saturated heterocycles. The number of esters is 2. The molecule has 1 aromatic rings. The molecule has 0 bridgehead atoms. The average molecular weight is 332 g/mol. The van der Waals surface area contributed by atoms with Gasteiger partial charge >= 0.3 is 11.9 Å². The first-order valence-electron chi connectivity index (χ1n) is 6.31. The molecule has 0 saturated carbocycles. The van der Waals surface area contributed by atoms with Gasteiger partial charge < -0.3 is 9.47 Å². The van der Waals surface area contributed by atoms with E-state index in [-0.39, 0.29) is 17.5 Å². The molecule has 0 aliphatic rings. The number of ether oxygens (including phenoxy) is 2. The molecular weight excluding hydrogens is 321 g/mol. The Morgan fingerprint density at radius 1 is 1.17 bits per heavy atom. The van der Waals surface area contributed by atoms with E-state index in [9.17, 15) is 18.0 Å². The number of carbonyl (C=O) groups excluding carboxylic acids is 2. The quantitative estimate of drug-likeness (QED) is 0.196. The van der Waals surface area contributed by atoms with E-state index in [0.717, 1.165) is 0 Å². The van der Waals surface area contributed by atoms with Crippen molar-refractivity contribution in [1.82, 2.24) is 0 Å². The first-order valence-corrected chi connectivity index (χ1v) is 7.92. The van der Waals surface area contributed by atoms with Crippen molar-refractivity contribution in [3.8, 4) is 5.75 Å². The number of carbonyl (C=O) groups is 2. The van der Waals surface area contributed by atoms with Crippen LogP contribution in [0.15, 0.2) is 12.1 Å². The Morgan fingerprint density at radius 2 is 1.83 bits per heavy atom. The highest BCUT2D eigenvalue weighted by Gasteiger charge is 2.17. The van der Waals surface area contributed by atoms with Crippen molar-refractivity contribution in [1.29, 1.82) is 0 Å². The molecule has 11 heteroatoms. The van der Waals surface area contributed by atoms with Crippen molar-refractivity contribution in [3.63, 3.8) is 0 Å². The Labute approximate surface area is 137 Å². The molecule has 0 aliphatic carbocycles. The number of benzene rings is 1. The van der Waals surface area contributed by atoms with Crippen LogP contribution in [0.25, 0.3) is 0 Å². The van der Waals surface area contributed by atoms with Gasteiger partial charge in [0.15, 0.2) is 0 Å². The lowest BCUT2D eigenvalue weighted by atomic mass is 9.81.